The molecule has 0 saturated carbocycles. The molecule has 0 radical (unpaired) electrons. The van der Waals surface area contributed by atoms with E-state index in [4.69, 9.17) is 15.2 Å². The topological polar surface area (TPSA) is 125 Å². The number of primary amides is 1. The largest absolute Gasteiger partial charge is 0.454 e. The fraction of sp³-hybridized carbons (Fsp3) is 0.273. The summed E-state index contributed by atoms with van der Waals surface area (Å²) >= 11 is 0. The van der Waals surface area contributed by atoms with Crippen molar-refractivity contribution in [3.8, 4) is 0 Å². The second-order valence-electron chi connectivity index (χ2n) is 4.03. The van der Waals surface area contributed by atoms with Crippen molar-refractivity contribution >= 4 is 22.0 Å². The Morgan fingerprint density at radius 3 is 2.50 bits per heavy atom. The van der Waals surface area contributed by atoms with Crippen LogP contribution in [-0.2, 0) is 19.5 Å². The van der Waals surface area contributed by atoms with Gasteiger partial charge in [-0.25, -0.2) is 22.7 Å². The Kier molecular flexibility index (Phi) is 3.91. The molecule has 2 rings (SSSR count). The molecule has 3 N–H and O–H groups in total. The highest BCUT2D eigenvalue weighted by atomic mass is 32.2. The van der Waals surface area contributed by atoms with Crippen LogP contribution in [0.15, 0.2) is 29.2 Å². The number of amides is 2. The smallest absolute Gasteiger partial charge is 0.339 e. The number of hydrogen-bond donors (Lipinski definition) is 2. The van der Waals surface area contributed by atoms with Gasteiger partial charge in [0.1, 0.15) is 11.0 Å². The molecule has 20 heavy (non-hydrogen) atoms. The lowest BCUT2D eigenvalue weighted by Gasteiger charge is -2.25. The van der Waals surface area contributed by atoms with Crippen LogP contribution in [0.2, 0.25) is 0 Å². The van der Waals surface area contributed by atoms with Crippen molar-refractivity contribution in [3.63, 3.8) is 0 Å². The van der Waals surface area contributed by atoms with Crippen LogP contribution in [0.1, 0.15) is 10.4 Å². The fourth-order valence-electron chi connectivity index (χ4n) is 1.55. The highest BCUT2D eigenvalue weighted by molar-refractivity contribution is 7.90. The van der Waals surface area contributed by atoms with Gasteiger partial charge in [-0.05, 0) is 12.1 Å². The summed E-state index contributed by atoms with van der Waals surface area (Å²) in [7, 11) is -4.22. The van der Waals surface area contributed by atoms with Gasteiger partial charge >= 0.3 is 12.0 Å². The first-order valence-electron chi connectivity index (χ1n) is 5.60. The van der Waals surface area contributed by atoms with Gasteiger partial charge in [-0.2, -0.15) is 0 Å². The van der Waals surface area contributed by atoms with E-state index >= 15 is 0 Å². The molecule has 1 fully saturated rings. The third-order valence-corrected chi connectivity index (χ3v) is 3.92. The van der Waals surface area contributed by atoms with Crippen LogP contribution < -0.4 is 10.5 Å². The van der Waals surface area contributed by atoms with Crippen LogP contribution in [-0.4, -0.2) is 39.7 Å². The first-order valence-corrected chi connectivity index (χ1v) is 7.08. The van der Waals surface area contributed by atoms with E-state index in [-0.39, 0.29) is 29.8 Å². The number of carbonyl (C=O) groups excluding carboxylic acids is 2. The molecule has 1 heterocycles. The molecular weight excluding hydrogens is 288 g/mol. The Hall–Kier alpha value is -2.13. The number of urea groups is 1. The SMILES string of the molecule is NC(=O)NS(=O)(=O)c1ccccc1C(=O)OC1COC1. The maximum absolute atomic E-state index is 11.9. The van der Waals surface area contributed by atoms with E-state index in [0.29, 0.717) is 0 Å². The Bertz CT molecular complexity index is 638. The molecular formula is C11H12N2O6S. The monoisotopic (exact) mass is 300 g/mol. The molecule has 1 saturated heterocycles. The van der Waals surface area contributed by atoms with E-state index in [1.807, 2.05) is 0 Å². The summed E-state index contributed by atoms with van der Waals surface area (Å²) in [5.41, 5.74) is 4.62. The lowest BCUT2D eigenvalue weighted by atomic mass is 10.2. The summed E-state index contributed by atoms with van der Waals surface area (Å²) < 4.78 is 35.3. The van der Waals surface area contributed by atoms with E-state index in [0.717, 1.165) is 0 Å². The number of sulfonamides is 1. The predicted molar refractivity (Wildman–Crippen MR) is 66.4 cm³/mol. The second kappa shape index (κ2) is 5.47. The summed E-state index contributed by atoms with van der Waals surface area (Å²) in [6, 6.07) is 4.13. The normalized spacial score (nSPS) is 15.2. The molecule has 0 spiro atoms. The summed E-state index contributed by atoms with van der Waals surface area (Å²) in [5.74, 6) is -0.802. The lowest BCUT2D eigenvalue weighted by molar-refractivity contribution is -0.103. The van der Waals surface area contributed by atoms with Crippen LogP contribution in [0.3, 0.4) is 0 Å². The van der Waals surface area contributed by atoms with Gasteiger partial charge in [-0.1, -0.05) is 12.1 Å². The molecule has 0 aromatic heterocycles. The van der Waals surface area contributed by atoms with Crippen molar-refractivity contribution < 1.29 is 27.5 Å². The maximum Gasteiger partial charge on any atom is 0.339 e. The van der Waals surface area contributed by atoms with Crippen LogP contribution in [0.25, 0.3) is 0 Å². The van der Waals surface area contributed by atoms with Gasteiger partial charge < -0.3 is 15.2 Å². The minimum atomic E-state index is -4.22. The van der Waals surface area contributed by atoms with Gasteiger partial charge in [0.2, 0.25) is 0 Å². The number of benzene rings is 1. The van der Waals surface area contributed by atoms with E-state index < -0.39 is 22.0 Å². The summed E-state index contributed by atoms with van der Waals surface area (Å²) in [4.78, 5) is 22.2. The second-order valence-corrected chi connectivity index (χ2v) is 5.68. The average molecular weight is 300 g/mol. The molecule has 0 bridgehead atoms. The minimum Gasteiger partial charge on any atom is -0.454 e. The Balaban J connectivity index is 2.29. The molecule has 1 aliphatic heterocycles. The van der Waals surface area contributed by atoms with Crippen molar-refractivity contribution in [2.75, 3.05) is 13.2 Å². The van der Waals surface area contributed by atoms with E-state index in [2.05, 4.69) is 0 Å². The number of carbonyl (C=O) groups is 2. The first-order chi connectivity index (χ1) is 9.40. The van der Waals surface area contributed by atoms with Crippen LogP contribution in [0.5, 0.6) is 0 Å². The van der Waals surface area contributed by atoms with Crippen molar-refractivity contribution in [1.29, 1.82) is 0 Å². The van der Waals surface area contributed by atoms with Gasteiger partial charge in [0.15, 0.2) is 0 Å². The van der Waals surface area contributed by atoms with Gasteiger partial charge in [-0.3, -0.25) is 0 Å². The zero-order valence-electron chi connectivity index (χ0n) is 10.2. The zero-order chi connectivity index (χ0) is 14.8. The molecule has 108 valence electrons. The molecule has 2 amide bonds. The first kappa shape index (κ1) is 14.3. The molecule has 8 nitrogen and oxygen atoms in total. The zero-order valence-corrected chi connectivity index (χ0v) is 11.1. The quantitative estimate of drug-likeness (QED) is 0.729. The molecule has 0 aliphatic carbocycles. The number of nitrogens with two attached hydrogens (primary N) is 1. The Labute approximate surface area is 114 Å². The molecule has 1 aromatic carbocycles. The lowest BCUT2D eigenvalue weighted by Crippen LogP contribution is -2.39. The summed E-state index contributed by atoms with van der Waals surface area (Å²) in [5, 5.41) is 0. The van der Waals surface area contributed by atoms with Crippen molar-refractivity contribution in [2.45, 2.75) is 11.0 Å². The van der Waals surface area contributed by atoms with E-state index in [9.17, 15) is 18.0 Å². The number of rotatable bonds is 4. The number of nitrogens with one attached hydrogen (secondary N) is 1. The Morgan fingerprint density at radius 1 is 1.30 bits per heavy atom. The van der Waals surface area contributed by atoms with Gasteiger partial charge in [-0.15, -0.1) is 0 Å². The van der Waals surface area contributed by atoms with Crippen LogP contribution >= 0.6 is 0 Å². The molecule has 0 atom stereocenters. The molecule has 1 aromatic rings. The summed E-state index contributed by atoms with van der Waals surface area (Å²) in [6.45, 7) is 0.556. The van der Waals surface area contributed by atoms with Crippen LogP contribution in [0, 0.1) is 0 Å². The van der Waals surface area contributed by atoms with E-state index in [1.165, 1.54) is 24.3 Å². The van der Waals surface area contributed by atoms with Gasteiger partial charge in [0.05, 0.1) is 18.8 Å². The third kappa shape index (κ3) is 3.06. The highest BCUT2D eigenvalue weighted by Crippen LogP contribution is 2.18. The fourth-order valence-corrected chi connectivity index (χ4v) is 2.63. The number of ether oxygens (including phenoxy) is 2. The third-order valence-electron chi connectivity index (χ3n) is 2.51. The van der Waals surface area contributed by atoms with Gasteiger partial charge in [0.25, 0.3) is 10.0 Å². The number of esters is 1. The molecule has 9 heteroatoms. The van der Waals surface area contributed by atoms with Crippen molar-refractivity contribution in [1.82, 2.24) is 4.72 Å². The number of hydrogen-bond acceptors (Lipinski definition) is 6. The maximum atomic E-state index is 11.9. The Morgan fingerprint density at radius 2 is 1.95 bits per heavy atom. The van der Waals surface area contributed by atoms with Crippen LogP contribution in [0.4, 0.5) is 4.79 Å². The van der Waals surface area contributed by atoms with E-state index in [1.54, 1.807) is 4.72 Å². The van der Waals surface area contributed by atoms with Crippen molar-refractivity contribution in [3.05, 3.63) is 29.8 Å². The summed E-state index contributed by atoms with van der Waals surface area (Å²) in [6.07, 6.45) is -0.387. The highest BCUT2D eigenvalue weighted by Gasteiger charge is 2.28. The molecule has 0 unspecified atom stereocenters. The average Bonchev–Trinajstić information content (AvgIpc) is 2.32. The predicted octanol–water partition coefficient (Wildman–Crippen LogP) is -0.401. The van der Waals surface area contributed by atoms with Crippen molar-refractivity contribution in [2.24, 2.45) is 5.73 Å². The van der Waals surface area contributed by atoms with Gasteiger partial charge in [0, 0.05) is 0 Å². The minimum absolute atomic E-state index is 0.173. The molecule has 1 aliphatic rings. The standard InChI is InChI=1S/C11H12N2O6S/c12-11(15)13-20(16,17)9-4-2-1-3-8(9)10(14)19-7-5-18-6-7/h1-4,7H,5-6H2,(H3,12,13,15).